The number of amides is 1. The number of nitrogens with one attached hydrogen (secondary N) is 1. The van der Waals surface area contributed by atoms with Crippen LogP contribution in [0.2, 0.25) is 0 Å². The maximum absolute atomic E-state index is 11.7. The smallest absolute Gasteiger partial charge is 0.236 e. The Hall–Kier alpha value is -1.06. The first kappa shape index (κ1) is 14.4. The molecule has 2 aromatic heterocycles. The van der Waals surface area contributed by atoms with Gasteiger partial charge in [-0.15, -0.1) is 10.2 Å². The summed E-state index contributed by atoms with van der Waals surface area (Å²) in [7, 11) is 1.90. The summed E-state index contributed by atoms with van der Waals surface area (Å²) in [6, 6.07) is 0. The monoisotopic (exact) mass is 315 g/mol. The summed E-state index contributed by atoms with van der Waals surface area (Å²) in [6.07, 6.45) is 3.55. The van der Waals surface area contributed by atoms with Crippen LogP contribution in [0.5, 0.6) is 0 Å². The minimum absolute atomic E-state index is 0.0998. The van der Waals surface area contributed by atoms with Crippen molar-refractivity contribution in [3.63, 3.8) is 0 Å². The predicted octanol–water partition coefficient (Wildman–Crippen LogP) is 2.11. The van der Waals surface area contributed by atoms with Gasteiger partial charge in [0.15, 0.2) is 9.50 Å². The number of hydrogen-bond donors (Lipinski definition) is 1. The number of imidazole rings is 1. The van der Waals surface area contributed by atoms with Gasteiger partial charge >= 0.3 is 0 Å². The topological polar surface area (TPSA) is 72.7 Å². The van der Waals surface area contributed by atoms with Crippen molar-refractivity contribution in [1.82, 2.24) is 19.7 Å². The molecule has 0 fully saturated rings. The number of carbonyl (C=O) groups is 1. The first-order valence-electron chi connectivity index (χ1n) is 5.55. The van der Waals surface area contributed by atoms with Gasteiger partial charge in [-0.05, 0) is 5.75 Å². The van der Waals surface area contributed by atoms with Crippen LogP contribution in [0, 0.1) is 0 Å². The molecule has 6 nitrogen and oxygen atoms in total. The van der Waals surface area contributed by atoms with Crippen molar-refractivity contribution in [2.45, 2.75) is 16.4 Å². The number of rotatable bonds is 6. The Morgan fingerprint density at radius 1 is 1.47 bits per heavy atom. The number of carbonyl (C=O) groups excluding carboxylic acids is 1. The Kier molecular flexibility index (Phi) is 5.23. The molecule has 102 valence electrons. The number of anilines is 1. The van der Waals surface area contributed by atoms with E-state index in [0.29, 0.717) is 10.9 Å². The van der Waals surface area contributed by atoms with Crippen LogP contribution in [-0.2, 0) is 11.8 Å². The molecule has 0 spiro atoms. The lowest BCUT2D eigenvalue weighted by atomic mass is 10.7. The number of aryl methyl sites for hydroxylation is 1. The van der Waals surface area contributed by atoms with E-state index < -0.39 is 0 Å². The molecule has 2 rings (SSSR count). The zero-order valence-corrected chi connectivity index (χ0v) is 12.9. The van der Waals surface area contributed by atoms with E-state index in [-0.39, 0.29) is 5.91 Å². The van der Waals surface area contributed by atoms with Gasteiger partial charge in [0, 0.05) is 19.4 Å². The minimum atomic E-state index is -0.0998. The van der Waals surface area contributed by atoms with E-state index >= 15 is 0 Å². The Bertz CT molecular complexity index is 553. The van der Waals surface area contributed by atoms with Crippen molar-refractivity contribution in [2.75, 3.05) is 16.8 Å². The summed E-state index contributed by atoms with van der Waals surface area (Å²) in [5.41, 5.74) is 0. The molecule has 0 aromatic carbocycles. The molecule has 0 aliphatic heterocycles. The van der Waals surface area contributed by atoms with Gasteiger partial charge in [-0.1, -0.05) is 41.8 Å². The van der Waals surface area contributed by atoms with Gasteiger partial charge in [-0.3, -0.25) is 10.1 Å². The number of nitrogens with zero attached hydrogens (tertiary/aromatic N) is 4. The summed E-state index contributed by atoms with van der Waals surface area (Å²) in [5.74, 6) is 1.15. The van der Waals surface area contributed by atoms with Gasteiger partial charge in [0.05, 0.1) is 5.75 Å². The van der Waals surface area contributed by atoms with Gasteiger partial charge < -0.3 is 4.57 Å². The molecule has 0 saturated heterocycles. The highest BCUT2D eigenvalue weighted by molar-refractivity contribution is 8.01. The lowest BCUT2D eigenvalue weighted by Gasteiger charge is -2.01. The van der Waals surface area contributed by atoms with Gasteiger partial charge in [0.25, 0.3) is 0 Å². The molecule has 0 aliphatic carbocycles. The van der Waals surface area contributed by atoms with Crippen molar-refractivity contribution in [1.29, 1.82) is 0 Å². The van der Waals surface area contributed by atoms with Crippen LogP contribution in [-0.4, -0.2) is 37.2 Å². The number of aromatic nitrogens is 4. The largest absolute Gasteiger partial charge is 0.329 e. The van der Waals surface area contributed by atoms with Crippen molar-refractivity contribution < 1.29 is 4.79 Å². The molecule has 0 aliphatic rings. The first-order valence-corrected chi connectivity index (χ1v) is 8.34. The molecular formula is C10H13N5OS3. The number of hydrogen-bond acceptors (Lipinski definition) is 7. The Morgan fingerprint density at radius 3 is 3.00 bits per heavy atom. The molecule has 1 N–H and O–H groups in total. The van der Waals surface area contributed by atoms with Crippen molar-refractivity contribution in [3.05, 3.63) is 12.4 Å². The zero-order valence-electron chi connectivity index (χ0n) is 10.5. The van der Waals surface area contributed by atoms with E-state index in [0.717, 1.165) is 15.2 Å². The highest BCUT2D eigenvalue weighted by atomic mass is 32.2. The van der Waals surface area contributed by atoms with Crippen LogP contribution in [0.1, 0.15) is 6.92 Å². The van der Waals surface area contributed by atoms with E-state index in [1.165, 1.54) is 23.1 Å². The highest BCUT2D eigenvalue weighted by Gasteiger charge is 2.10. The average molecular weight is 315 g/mol. The third kappa shape index (κ3) is 4.22. The van der Waals surface area contributed by atoms with E-state index in [1.807, 2.05) is 24.7 Å². The highest BCUT2D eigenvalue weighted by Crippen LogP contribution is 2.25. The van der Waals surface area contributed by atoms with Crippen LogP contribution in [0.15, 0.2) is 21.9 Å². The number of thioether (sulfide) groups is 2. The molecule has 0 radical (unpaired) electrons. The fourth-order valence-corrected chi connectivity index (χ4v) is 3.62. The summed E-state index contributed by atoms with van der Waals surface area (Å²) in [5, 5.41) is 12.0. The molecule has 0 bridgehead atoms. The lowest BCUT2D eigenvalue weighted by Crippen LogP contribution is -2.14. The summed E-state index contributed by atoms with van der Waals surface area (Å²) in [6.45, 7) is 2.05. The van der Waals surface area contributed by atoms with Gasteiger partial charge in [-0.25, -0.2) is 4.98 Å². The normalized spacial score (nSPS) is 10.6. The molecule has 2 aromatic rings. The van der Waals surface area contributed by atoms with E-state index in [4.69, 9.17) is 0 Å². The second-order valence-electron chi connectivity index (χ2n) is 3.46. The van der Waals surface area contributed by atoms with Gasteiger partial charge in [0.2, 0.25) is 11.0 Å². The second kappa shape index (κ2) is 6.92. The molecule has 1 amide bonds. The molecule has 0 atom stereocenters. The van der Waals surface area contributed by atoms with Gasteiger partial charge in [0.1, 0.15) is 0 Å². The maximum Gasteiger partial charge on any atom is 0.236 e. The zero-order chi connectivity index (χ0) is 13.7. The SMILES string of the molecule is CCSc1nnc(NC(=O)CSc2nccn2C)s1. The molecule has 19 heavy (non-hydrogen) atoms. The maximum atomic E-state index is 11.7. The standard InChI is InChI=1S/C10H13N5OS3/c1-3-17-10-14-13-8(19-10)12-7(16)6-18-9-11-4-5-15(9)2/h4-5H,3,6H2,1-2H3,(H,12,13,16). The summed E-state index contributed by atoms with van der Waals surface area (Å²) < 4.78 is 2.74. The molecular weight excluding hydrogens is 302 g/mol. The van der Waals surface area contributed by atoms with Crippen LogP contribution < -0.4 is 5.32 Å². The van der Waals surface area contributed by atoms with Crippen LogP contribution in [0.25, 0.3) is 0 Å². The van der Waals surface area contributed by atoms with Gasteiger partial charge in [-0.2, -0.15) is 0 Å². The van der Waals surface area contributed by atoms with Crippen molar-refractivity contribution >= 4 is 45.9 Å². The lowest BCUT2D eigenvalue weighted by molar-refractivity contribution is -0.113. The molecule has 0 saturated carbocycles. The first-order chi connectivity index (χ1) is 9.19. The van der Waals surface area contributed by atoms with Crippen molar-refractivity contribution in [2.24, 2.45) is 7.05 Å². The molecule has 2 heterocycles. The van der Waals surface area contributed by atoms with Crippen molar-refractivity contribution in [3.8, 4) is 0 Å². The second-order valence-corrected chi connectivity index (χ2v) is 6.89. The molecule has 0 unspecified atom stereocenters. The van der Waals surface area contributed by atoms with Crippen LogP contribution in [0.3, 0.4) is 0 Å². The third-order valence-corrected chi connectivity index (χ3v) is 4.94. The fraction of sp³-hybridized carbons (Fsp3) is 0.400. The van der Waals surface area contributed by atoms with E-state index in [1.54, 1.807) is 18.0 Å². The van der Waals surface area contributed by atoms with E-state index in [9.17, 15) is 4.79 Å². The average Bonchev–Trinajstić information content (AvgIpc) is 2.97. The Balaban J connectivity index is 1.82. The summed E-state index contributed by atoms with van der Waals surface area (Å²) >= 11 is 4.39. The summed E-state index contributed by atoms with van der Waals surface area (Å²) in [4.78, 5) is 15.9. The quantitative estimate of drug-likeness (QED) is 0.650. The molecule has 9 heteroatoms. The third-order valence-electron chi connectivity index (χ3n) is 2.03. The Morgan fingerprint density at radius 2 is 2.32 bits per heavy atom. The fourth-order valence-electron chi connectivity index (χ4n) is 1.22. The van der Waals surface area contributed by atoms with Crippen LogP contribution in [0.4, 0.5) is 5.13 Å². The minimum Gasteiger partial charge on any atom is -0.329 e. The van der Waals surface area contributed by atoms with Crippen LogP contribution >= 0.6 is 34.9 Å². The predicted molar refractivity (Wildman–Crippen MR) is 78.9 cm³/mol. The Labute approximate surface area is 123 Å². The van der Waals surface area contributed by atoms with E-state index in [2.05, 4.69) is 20.5 Å².